The van der Waals surface area contributed by atoms with Gasteiger partial charge in [-0.25, -0.2) is 9.37 Å². The smallest absolute Gasteiger partial charge is 0.201 e. The van der Waals surface area contributed by atoms with Gasteiger partial charge < -0.3 is 15.0 Å². The Morgan fingerprint density at radius 2 is 2.11 bits per heavy atom. The molecule has 1 aromatic carbocycles. The van der Waals surface area contributed by atoms with Crippen LogP contribution in [0.2, 0.25) is 0 Å². The molecule has 18 heavy (non-hydrogen) atoms. The normalized spacial score (nSPS) is 16.6. The summed E-state index contributed by atoms with van der Waals surface area (Å²) in [5, 5.41) is 0. The number of hydrogen-bond acceptors (Lipinski definition) is 3. The second-order valence-electron chi connectivity index (χ2n) is 4.75. The van der Waals surface area contributed by atoms with Gasteiger partial charge in [0.25, 0.3) is 0 Å². The van der Waals surface area contributed by atoms with E-state index in [1.54, 1.807) is 6.07 Å². The van der Waals surface area contributed by atoms with E-state index in [9.17, 15) is 4.39 Å². The van der Waals surface area contributed by atoms with Gasteiger partial charge in [-0.15, -0.1) is 0 Å². The first-order chi connectivity index (χ1) is 8.70. The van der Waals surface area contributed by atoms with Crippen molar-refractivity contribution in [2.75, 3.05) is 12.8 Å². The molecule has 4 nitrogen and oxygen atoms in total. The van der Waals surface area contributed by atoms with Crippen LogP contribution in [0, 0.1) is 5.82 Å². The lowest BCUT2D eigenvalue weighted by molar-refractivity contribution is 0.387. The first-order valence-electron chi connectivity index (χ1n) is 6.21. The molecule has 1 saturated carbocycles. The van der Waals surface area contributed by atoms with Crippen LogP contribution < -0.4 is 10.5 Å². The third-order valence-electron chi connectivity index (χ3n) is 3.68. The van der Waals surface area contributed by atoms with Crippen LogP contribution in [0.1, 0.15) is 31.7 Å². The molecule has 2 N–H and O–H groups in total. The quantitative estimate of drug-likeness (QED) is 0.890. The topological polar surface area (TPSA) is 53.1 Å². The molecule has 0 unspecified atom stereocenters. The number of nitrogens with zero attached hydrogens (tertiary/aromatic N) is 2. The number of rotatable bonds is 2. The monoisotopic (exact) mass is 249 g/mol. The highest BCUT2D eigenvalue weighted by Crippen LogP contribution is 2.36. The third kappa shape index (κ3) is 1.62. The third-order valence-corrected chi connectivity index (χ3v) is 3.68. The molecule has 0 saturated heterocycles. The summed E-state index contributed by atoms with van der Waals surface area (Å²) in [5.41, 5.74) is 7.42. The van der Waals surface area contributed by atoms with Crippen LogP contribution in [0.25, 0.3) is 11.0 Å². The Balaban J connectivity index is 2.20. The summed E-state index contributed by atoms with van der Waals surface area (Å²) in [4.78, 5) is 4.24. The predicted molar refractivity (Wildman–Crippen MR) is 68.2 cm³/mol. The SMILES string of the molecule is COc1cc2c(cc1F)nc(N)n2C1CCCC1. The van der Waals surface area contributed by atoms with Crippen molar-refractivity contribution in [3.05, 3.63) is 17.9 Å². The molecule has 1 heterocycles. The molecular formula is C13H16FN3O. The molecule has 0 bridgehead atoms. The van der Waals surface area contributed by atoms with Crippen LogP contribution in [0.5, 0.6) is 5.75 Å². The van der Waals surface area contributed by atoms with E-state index in [4.69, 9.17) is 10.5 Å². The average Bonchev–Trinajstić information content (AvgIpc) is 2.94. The number of imidazole rings is 1. The standard InChI is InChI=1S/C13H16FN3O/c1-18-12-7-11-10(6-9(12)14)16-13(15)17(11)8-4-2-3-5-8/h6-8H,2-5H2,1H3,(H2,15,16). The van der Waals surface area contributed by atoms with Gasteiger partial charge in [0, 0.05) is 18.2 Å². The number of nitrogens with two attached hydrogens (primary N) is 1. The second-order valence-corrected chi connectivity index (χ2v) is 4.75. The number of benzene rings is 1. The average molecular weight is 249 g/mol. The van der Waals surface area contributed by atoms with Gasteiger partial charge in [0.15, 0.2) is 11.6 Å². The number of aromatic nitrogens is 2. The minimum Gasteiger partial charge on any atom is -0.494 e. The van der Waals surface area contributed by atoms with Crippen LogP contribution in [-0.4, -0.2) is 16.7 Å². The summed E-state index contributed by atoms with van der Waals surface area (Å²) in [5.74, 6) is 0.298. The number of methoxy groups -OCH3 is 1. The van der Waals surface area contributed by atoms with Gasteiger partial charge in [0.2, 0.25) is 5.95 Å². The number of halogens is 1. The first-order valence-corrected chi connectivity index (χ1v) is 6.21. The Kier molecular flexibility index (Phi) is 2.61. The minimum atomic E-state index is -0.402. The molecule has 2 aromatic rings. The Morgan fingerprint density at radius 3 is 2.78 bits per heavy atom. The van der Waals surface area contributed by atoms with Crippen molar-refractivity contribution in [3.63, 3.8) is 0 Å². The van der Waals surface area contributed by atoms with Crippen LogP contribution in [-0.2, 0) is 0 Å². The maximum absolute atomic E-state index is 13.6. The lowest BCUT2D eigenvalue weighted by Gasteiger charge is -2.14. The lowest BCUT2D eigenvalue weighted by Crippen LogP contribution is -2.08. The van der Waals surface area contributed by atoms with Gasteiger partial charge in [-0.05, 0) is 12.8 Å². The molecule has 0 radical (unpaired) electrons. The van der Waals surface area contributed by atoms with Crippen molar-refractivity contribution < 1.29 is 9.13 Å². The van der Waals surface area contributed by atoms with E-state index in [2.05, 4.69) is 4.98 Å². The molecule has 0 amide bonds. The molecule has 0 aliphatic heterocycles. The van der Waals surface area contributed by atoms with E-state index in [0.717, 1.165) is 18.4 Å². The van der Waals surface area contributed by atoms with Crippen LogP contribution >= 0.6 is 0 Å². The highest BCUT2D eigenvalue weighted by molar-refractivity contribution is 5.80. The number of hydrogen-bond donors (Lipinski definition) is 1. The molecule has 96 valence electrons. The zero-order valence-electron chi connectivity index (χ0n) is 10.3. The summed E-state index contributed by atoms with van der Waals surface area (Å²) in [6.45, 7) is 0. The van der Waals surface area contributed by atoms with E-state index in [0.29, 0.717) is 17.5 Å². The van der Waals surface area contributed by atoms with E-state index >= 15 is 0 Å². The van der Waals surface area contributed by atoms with Gasteiger partial charge in [-0.2, -0.15) is 0 Å². The van der Waals surface area contributed by atoms with Crippen molar-refractivity contribution >= 4 is 17.0 Å². The first kappa shape index (κ1) is 11.3. The molecule has 1 aliphatic rings. The number of ether oxygens (including phenoxy) is 1. The molecule has 0 spiro atoms. The molecule has 5 heteroatoms. The van der Waals surface area contributed by atoms with E-state index in [1.807, 2.05) is 4.57 Å². The Morgan fingerprint density at radius 1 is 1.39 bits per heavy atom. The summed E-state index contributed by atoms with van der Waals surface area (Å²) >= 11 is 0. The van der Waals surface area contributed by atoms with Crippen LogP contribution in [0.4, 0.5) is 10.3 Å². The fourth-order valence-corrected chi connectivity index (χ4v) is 2.82. The highest BCUT2D eigenvalue weighted by atomic mass is 19.1. The second kappa shape index (κ2) is 4.15. The Hall–Kier alpha value is -1.78. The predicted octanol–water partition coefficient (Wildman–Crippen LogP) is 2.88. The van der Waals surface area contributed by atoms with E-state index in [-0.39, 0.29) is 5.75 Å². The Bertz CT molecular complexity index is 587. The number of nitrogen functional groups attached to an aromatic ring is 1. The van der Waals surface area contributed by atoms with Gasteiger partial charge in [-0.3, -0.25) is 0 Å². The van der Waals surface area contributed by atoms with Crippen LogP contribution in [0.15, 0.2) is 12.1 Å². The summed E-state index contributed by atoms with van der Waals surface area (Å²) in [6, 6.07) is 3.45. The van der Waals surface area contributed by atoms with Crippen molar-refractivity contribution in [2.24, 2.45) is 0 Å². The van der Waals surface area contributed by atoms with Crippen molar-refractivity contribution in [2.45, 2.75) is 31.7 Å². The van der Waals surface area contributed by atoms with E-state index < -0.39 is 5.82 Å². The van der Waals surface area contributed by atoms with Gasteiger partial charge in [-0.1, -0.05) is 12.8 Å². The Labute approximate surface area is 105 Å². The van der Waals surface area contributed by atoms with Crippen molar-refractivity contribution in [3.8, 4) is 5.75 Å². The maximum Gasteiger partial charge on any atom is 0.201 e. The zero-order valence-corrected chi connectivity index (χ0v) is 10.3. The van der Waals surface area contributed by atoms with Gasteiger partial charge >= 0.3 is 0 Å². The fourth-order valence-electron chi connectivity index (χ4n) is 2.82. The van der Waals surface area contributed by atoms with Crippen molar-refractivity contribution in [1.29, 1.82) is 0 Å². The highest BCUT2D eigenvalue weighted by Gasteiger charge is 2.22. The lowest BCUT2D eigenvalue weighted by atomic mass is 10.2. The van der Waals surface area contributed by atoms with Crippen molar-refractivity contribution in [1.82, 2.24) is 9.55 Å². The maximum atomic E-state index is 13.6. The minimum absolute atomic E-state index is 0.238. The molecular weight excluding hydrogens is 233 g/mol. The van der Waals surface area contributed by atoms with Gasteiger partial charge in [0.05, 0.1) is 18.1 Å². The molecule has 1 fully saturated rings. The summed E-state index contributed by atoms with van der Waals surface area (Å²) in [7, 11) is 1.46. The molecule has 1 aromatic heterocycles. The van der Waals surface area contributed by atoms with Crippen LogP contribution in [0.3, 0.4) is 0 Å². The van der Waals surface area contributed by atoms with Gasteiger partial charge in [0.1, 0.15) is 0 Å². The van der Waals surface area contributed by atoms with E-state index in [1.165, 1.54) is 26.0 Å². The largest absolute Gasteiger partial charge is 0.494 e. The fraction of sp³-hybridized carbons (Fsp3) is 0.462. The molecule has 3 rings (SSSR count). The molecule has 1 aliphatic carbocycles. The molecule has 0 atom stereocenters. The summed E-state index contributed by atoms with van der Waals surface area (Å²) in [6.07, 6.45) is 4.63. The number of anilines is 1. The summed E-state index contributed by atoms with van der Waals surface area (Å²) < 4.78 is 20.7. The number of fused-ring (bicyclic) bond motifs is 1. The zero-order chi connectivity index (χ0) is 12.7.